The molecule has 3 rings (SSSR count). The van der Waals surface area contributed by atoms with Gasteiger partial charge in [-0.15, -0.1) is 11.3 Å². The summed E-state index contributed by atoms with van der Waals surface area (Å²) in [7, 11) is 2.19. The molecule has 0 saturated heterocycles. The quantitative estimate of drug-likeness (QED) is 0.678. The first-order valence-corrected chi connectivity index (χ1v) is 5.48. The highest BCUT2D eigenvalue weighted by Crippen LogP contribution is 2.30. The number of likely N-dealkylation sites (N-methyl/N-ethyl adjacent to an activating group) is 1. The summed E-state index contributed by atoms with van der Waals surface area (Å²) in [6.45, 7) is 2.29. The molecule has 0 atom stereocenters. The van der Waals surface area contributed by atoms with E-state index in [1.807, 2.05) is 11.3 Å². The van der Waals surface area contributed by atoms with Crippen molar-refractivity contribution in [3.05, 3.63) is 22.7 Å². The third-order valence-electron chi connectivity index (χ3n) is 2.76. The number of aromatic nitrogens is 1. The molecule has 0 bridgehead atoms. The lowest BCUT2D eigenvalue weighted by molar-refractivity contribution is 0.313. The Morgan fingerprint density at radius 2 is 2.46 bits per heavy atom. The summed E-state index contributed by atoms with van der Waals surface area (Å²) in [6.07, 6.45) is 1.17. The minimum atomic E-state index is 1.11. The van der Waals surface area contributed by atoms with Gasteiger partial charge in [0, 0.05) is 30.8 Å². The number of H-pyrrole nitrogens is 1. The van der Waals surface area contributed by atoms with Crippen LogP contribution in [0.15, 0.2) is 11.4 Å². The van der Waals surface area contributed by atoms with E-state index in [0.29, 0.717) is 0 Å². The fourth-order valence-corrected chi connectivity index (χ4v) is 2.96. The van der Waals surface area contributed by atoms with Crippen molar-refractivity contribution in [1.29, 1.82) is 0 Å². The molecular formula is C10H12N2S. The highest BCUT2D eigenvalue weighted by atomic mass is 32.1. The van der Waals surface area contributed by atoms with E-state index in [1.54, 1.807) is 0 Å². The van der Waals surface area contributed by atoms with Crippen molar-refractivity contribution in [3.63, 3.8) is 0 Å². The van der Waals surface area contributed by atoms with Crippen LogP contribution in [0.25, 0.3) is 10.2 Å². The maximum absolute atomic E-state index is 3.50. The summed E-state index contributed by atoms with van der Waals surface area (Å²) in [5, 5.41) is 2.16. The van der Waals surface area contributed by atoms with Crippen LogP contribution in [-0.2, 0) is 13.0 Å². The molecule has 1 aliphatic rings. The Kier molecular flexibility index (Phi) is 1.51. The number of thiophene rings is 1. The van der Waals surface area contributed by atoms with E-state index < -0.39 is 0 Å². The van der Waals surface area contributed by atoms with Gasteiger partial charge in [-0.2, -0.15) is 0 Å². The zero-order valence-electron chi connectivity index (χ0n) is 7.63. The second-order valence-electron chi connectivity index (χ2n) is 3.73. The summed E-state index contributed by atoms with van der Waals surface area (Å²) in [6, 6.07) is 2.18. The average Bonchev–Trinajstić information content (AvgIpc) is 2.64. The van der Waals surface area contributed by atoms with Crippen molar-refractivity contribution in [3.8, 4) is 0 Å². The predicted octanol–water partition coefficient (Wildman–Crippen LogP) is 2.22. The standard InChI is InChI=1S/C10H12N2S/c1-12-4-2-8-7(6-12)10-9(11-8)3-5-13-10/h3,5,11H,2,4,6H2,1H3. The highest BCUT2D eigenvalue weighted by Gasteiger charge is 2.18. The van der Waals surface area contributed by atoms with Crippen molar-refractivity contribution >= 4 is 21.6 Å². The molecule has 2 aromatic rings. The number of rotatable bonds is 0. The summed E-state index contributed by atoms with van der Waals surface area (Å²) in [5.74, 6) is 0. The van der Waals surface area contributed by atoms with Gasteiger partial charge in [0.2, 0.25) is 0 Å². The number of aromatic amines is 1. The minimum Gasteiger partial charge on any atom is -0.357 e. The molecule has 0 saturated carbocycles. The summed E-state index contributed by atoms with van der Waals surface area (Å²) < 4.78 is 1.46. The summed E-state index contributed by atoms with van der Waals surface area (Å²) in [4.78, 5) is 5.88. The highest BCUT2D eigenvalue weighted by molar-refractivity contribution is 7.17. The number of hydrogen-bond donors (Lipinski definition) is 1. The molecule has 0 fully saturated rings. The Balaban J connectivity index is 2.24. The fraction of sp³-hybridized carbons (Fsp3) is 0.400. The molecule has 0 aliphatic carbocycles. The summed E-state index contributed by atoms with van der Waals surface area (Å²) >= 11 is 1.85. The molecule has 1 N–H and O–H groups in total. The van der Waals surface area contributed by atoms with Gasteiger partial charge in [0.15, 0.2) is 0 Å². The van der Waals surface area contributed by atoms with Crippen LogP contribution < -0.4 is 0 Å². The minimum absolute atomic E-state index is 1.11. The molecule has 0 unspecified atom stereocenters. The van der Waals surface area contributed by atoms with Crippen molar-refractivity contribution < 1.29 is 0 Å². The first-order valence-electron chi connectivity index (χ1n) is 4.60. The third kappa shape index (κ3) is 1.04. The molecule has 2 aromatic heterocycles. The van der Waals surface area contributed by atoms with Crippen LogP contribution in [0.4, 0.5) is 0 Å². The van der Waals surface area contributed by atoms with Crippen LogP contribution in [-0.4, -0.2) is 23.5 Å². The van der Waals surface area contributed by atoms with Gasteiger partial charge in [-0.3, -0.25) is 0 Å². The predicted molar refractivity (Wildman–Crippen MR) is 56.2 cm³/mol. The fourth-order valence-electron chi connectivity index (χ4n) is 2.05. The van der Waals surface area contributed by atoms with E-state index in [1.165, 1.54) is 34.4 Å². The van der Waals surface area contributed by atoms with E-state index in [0.717, 1.165) is 6.54 Å². The SMILES string of the molecule is CN1CCc2[nH]c3ccsc3c2C1. The molecule has 3 heteroatoms. The van der Waals surface area contributed by atoms with Gasteiger partial charge >= 0.3 is 0 Å². The van der Waals surface area contributed by atoms with Crippen molar-refractivity contribution in [2.24, 2.45) is 0 Å². The second kappa shape index (κ2) is 2.59. The van der Waals surface area contributed by atoms with E-state index in [2.05, 4.69) is 28.4 Å². The molecule has 13 heavy (non-hydrogen) atoms. The Labute approximate surface area is 81.2 Å². The first-order chi connectivity index (χ1) is 6.34. The topological polar surface area (TPSA) is 19.0 Å². The normalized spacial score (nSPS) is 17.9. The van der Waals surface area contributed by atoms with Gasteiger partial charge in [0.05, 0.1) is 10.2 Å². The molecule has 0 radical (unpaired) electrons. The van der Waals surface area contributed by atoms with Gasteiger partial charge in [-0.1, -0.05) is 0 Å². The maximum Gasteiger partial charge on any atom is 0.0569 e. The first kappa shape index (κ1) is 7.59. The van der Waals surface area contributed by atoms with Gasteiger partial charge in [-0.25, -0.2) is 0 Å². The molecule has 0 amide bonds. The van der Waals surface area contributed by atoms with E-state index in [-0.39, 0.29) is 0 Å². The Morgan fingerprint density at radius 3 is 3.38 bits per heavy atom. The number of nitrogens with zero attached hydrogens (tertiary/aromatic N) is 1. The lowest BCUT2D eigenvalue weighted by Crippen LogP contribution is -2.25. The average molecular weight is 192 g/mol. The van der Waals surface area contributed by atoms with Crippen molar-refractivity contribution in [2.75, 3.05) is 13.6 Å². The number of fused-ring (bicyclic) bond motifs is 3. The van der Waals surface area contributed by atoms with Crippen LogP contribution in [0.5, 0.6) is 0 Å². The largest absolute Gasteiger partial charge is 0.357 e. The Bertz CT molecular complexity index is 441. The zero-order chi connectivity index (χ0) is 8.84. The van der Waals surface area contributed by atoms with E-state index >= 15 is 0 Å². The molecule has 68 valence electrons. The number of hydrogen-bond acceptors (Lipinski definition) is 2. The molecule has 1 aliphatic heterocycles. The monoisotopic (exact) mass is 192 g/mol. The molecule has 0 aromatic carbocycles. The Hall–Kier alpha value is -0.800. The number of nitrogens with one attached hydrogen (secondary N) is 1. The Morgan fingerprint density at radius 1 is 1.54 bits per heavy atom. The van der Waals surface area contributed by atoms with Crippen LogP contribution in [0.1, 0.15) is 11.3 Å². The van der Waals surface area contributed by atoms with E-state index in [4.69, 9.17) is 0 Å². The van der Waals surface area contributed by atoms with Gasteiger partial charge < -0.3 is 9.88 Å². The molecule has 3 heterocycles. The molecule has 2 nitrogen and oxygen atoms in total. The van der Waals surface area contributed by atoms with E-state index in [9.17, 15) is 0 Å². The summed E-state index contributed by atoms with van der Waals surface area (Å²) in [5.41, 5.74) is 4.31. The second-order valence-corrected chi connectivity index (χ2v) is 4.65. The van der Waals surface area contributed by atoms with Gasteiger partial charge in [0.25, 0.3) is 0 Å². The lowest BCUT2D eigenvalue weighted by atomic mass is 10.1. The smallest absolute Gasteiger partial charge is 0.0569 e. The molecule has 0 spiro atoms. The molecular weight excluding hydrogens is 180 g/mol. The van der Waals surface area contributed by atoms with Gasteiger partial charge in [-0.05, 0) is 18.5 Å². The van der Waals surface area contributed by atoms with Crippen LogP contribution in [0.3, 0.4) is 0 Å². The van der Waals surface area contributed by atoms with Gasteiger partial charge in [0.1, 0.15) is 0 Å². The van der Waals surface area contributed by atoms with Crippen LogP contribution in [0.2, 0.25) is 0 Å². The third-order valence-corrected chi connectivity index (χ3v) is 3.73. The van der Waals surface area contributed by atoms with Crippen LogP contribution in [0, 0.1) is 0 Å². The lowest BCUT2D eigenvalue weighted by Gasteiger charge is -2.21. The zero-order valence-corrected chi connectivity index (χ0v) is 8.45. The van der Waals surface area contributed by atoms with Crippen molar-refractivity contribution in [1.82, 2.24) is 9.88 Å². The van der Waals surface area contributed by atoms with Crippen LogP contribution >= 0.6 is 11.3 Å². The maximum atomic E-state index is 3.50. The van der Waals surface area contributed by atoms with Crippen molar-refractivity contribution in [2.45, 2.75) is 13.0 Å².